The van der Waals surface area contributed by atoms with E-state index in [2.05, 4.69) is 29.2 Å². The molecule has 0 spiro atoms. The second-order valence-electron chi connectivity index (χ2n) is 11.2. The van der Waals surface area contributed by atoms with Crippen molar-refractivity contribution in [1.82, 2.24) is 18.9 Å². The van der Waals surface area contributed by atoms with E-state index in [1.807, 2.05) is 60.7 Å². The molecule has 1 fully saturated rings. The number of hydrogen-bond donors (Lipinski definition) is 0. The minimum atomic E-state index is -0.349. The first-order valence-corrected chi connectivity index (χ1v) is 15.1. The third-order valence-corrected chi connectivity index (χ3v) is 8.22. The molecule has 0 saturated carbocycles. The van der Waals surface area contributed by atoms with E-state index in [1.165, 1.54) is 15.7 Å². The molecule has 8 heteroatoms. The summed E-state index contributed by atoms with van der Waals surface area (Å²) in [6, 6.07) is 36.7. The summed E-state index contributed by atoms with van der Waals surface area (Å²) in [5.74, 6) is -0.347. The van der Waals surface area contributed by atoms with Crippen LogP contribution in [0.25, 0.3) is 11.0 Å². The zero-order valence-electron chi connectivity index (χ0n) is 24.6. The van der Waals surface area contributed by atoms with E-state index in [0.29, 0.717) is 43.6 Å². The smallest absolute Gasteiger partial charge is 0.409 e. The lowest BCUT2D eigenvalue weighted by Crippen LogP contribution is -2.42. The fourth-order valence-corrected chi connectivity index (χ4v) is 5.99. The minimum Gasteiger partial charge on any atom is -0.448 e. The highest BCUT2D eigenvalue weighted by molar-refractivity contribution is 6.01. The SMILES string of the molecule is O=C(OCCN(Cc1ccccc1)Cc1ccccc1)N1CCC(n2c(=O)n(C(=O)c3ccccc3)c3ccccc32)CC1. The maximum atomic E-state index is 13.7. The fourth-order valence-electron chi connectivity index (χ4n) is 5.99. The lowest BCUT2D eigenvalue weighted by atomic mass is 10.0. The molecule has 1 saturated heterocycles. The monoisotopic (exact) mass is 588 g/mol. The van der Waals surface area contributed by atoms with Crippen molar-refractivity contribution in [2.45, 2.75) is 32.0 Å². The van der Waals surface area contributed by atoms with E-state index in [4.69, 9.17) is 4.74 Å². The molecule has 8 nitrogen and oxygen atoms in total. The van der Waals surface area contributed by atoms with Gasteiger partial charge in [0.05, 0.1) is 11.0 Å². The molecule has 1 aliphatic rings. The third kappa shape index (κ3) is 6.50. The zero-order valence-corrected chi connectivity index (χ0v) is 24.6. The van der Waals surface area contributed by atoms with Gasteiger partial charge in [-0.15, -0.1) is 0 Å². The van der Waals surface area contributed by atoms with Crippen LogP contribution in [0, 0.1) is 0 Å². The molecular weight excluding hydrogens is 552 g/mol. The number of amides is 1. The summed E-state index contributed by atoms with van der Waals surface area (Å²) in [5.41, 5.74) is 3.83. The van der Waals surface area contributed by atoms with Gasteiger partial charge in [0.25, 0.3) is 5.91 Å². The van der Waals surface area contributed by atoms with Crippen LogP contribution in [0.3, 0.4) is 0 Å². The highest BCUT2D eigenvalue weighted by atomic mass is 16.6. The van der Waals surface area contributed by atoms with E-state index >= 15 is 0 Å². The van der Waals surface area contributed by atoms with Crippen LogP contribution >= 0.6 is 0 Å². The Morgan fingerprint density at radius 2 is 1.23 bits per heavy atom. The van der Waals surface area contributed by atoms with Crippen LogP contribution in [0.5, 0.6) is 0 Å². The molecule has 0 aliphatic carbocycles. The number of aromatic nitrogens is 2. The van der Waals surface area contributed by atoms with E-state index in [-0.39, 0.29) is 30.3 Å². The summed E-state index contributed by atoms with van der Waals surface area (Å²) in [6.45, 7) is 3.35. The number of fused-ring (bicyclic) bond motifs is 1. The van der Waals surface area contributed by atoms with Gasteiger partial charge in [-0.3, -0.25) is 14.3 Å². The predicted molar refractivity (Wildman–Crippen MR) is 171 cm³/mol. The zero-order chi connectivity index (χ0) is 30.3. The van der Waals surface area contributed by atoms with Crippen LogP contribution in [0.1, 0.15) is 40.4 Å². The molecule has 0 radical (unpaired) electrons. The minimum absolute atomic E-state index is 0.131. The molecule has 5 aromatic rings. The largest absolute Gasteiger partial charge is 0.448 e. The number of carbonyl (C=O) groups excluding carboxylic acids is 2. The molecule has 2 heterocycles. The van der Waals surface area contributed by atoms with Gasteiger partial charge in [0, 0.05) is 44.3 Å². The first kappa shape index (κ1) is 29.1. The molecule has 224 valence electrons. The van der Waals surface area contributed by atoms with Crippen molar-refractivity contribution in [2.24, 2.45) is 0 Å². The van der Waals surface area contributed by atoms with Gasteiger partial charge in [0.2, 0.25) is 0 Å². The highest BCUT2D eigenvalue weighted by Crippen LogP contribution is 2.26. The molecule has 44 heavy (non-hydrogen) atoms. The van der Waals surface area contributed by atoms with E-state index < -0.39 is 0 Å². The highest BCUT2D eigenvalue weighted by Gasteiger charge is 2.29. The molecule has 1 aliphatic heterocycles. The maximum absolute atomic E-state index is 13.7. The molecule has 0 unspecified atom stereocenters. The molecule has 1 amide bonds. The molecule has 4 aromatic carbocycles. The van der Waals surface area contributed by atoms with Gasteiger partial charge in [-0.2, -0.15) is 0 Å². The van der Waals surface area contributed by atoms with Crippen molar-refractivity contribution in [1.29, 1.82) is 0 Å². The van der Waals surface area contributed by atoms with Crippen LogP contribution < -0.4 is 5.69 Å². The lowest BCUT2D eigenvalue weighted by molar-refractivity contribution is 0.0769. The van der Waals surface area contributed by atoms with Crippen LogP contribution in [0.2, 0.25) is 0 Å². The Morgan fingerprint density at radius 1 is 0.705 bits per heavy atom. The first-order chi connectivity index (χ1) is 21.6. The van der Waals surface area contributed by atoms with Crippen molar-refractivity contribution in [3.63, 3.8) is 0 Å². The average Bonchev–Trinajstić information content (AvgIpc) is 3.37. The summed E-state index contributed by atoms with van der Waals surface area (Å²) in [5, 5.41) is 0. The van der Waals surface area contributed by atoms with E-state index in [9.17, 15) is 14.4 Å². The number of para-hydroxylation sites is 2. The predicted octanol–water partition coefficient (Wildman–Crippen LogP) is 5.97. The Balaban J connectivity index is 1.08. The Bertz CT molecular complexity index is 1720. The Morgan fingerprint density at radius 3 is 1.82 bits per heavy atom. The number of imidazole rings is 1. The van der Waals surface area contributed by atoms with Gasteiger partial charge < -0.3 is 9.64 Å². The number of likely N-dealkylation sites (tertiary alicyclic amines) is 1. The van der Waals surface area contributed by atoms with Crippen LogP contribution in [0.15, 0.2) is 120 Å². The van der Waals surface area contributed by atoms with Crippen molar-refractivity contribution in [3.05, 3.63) is 142 Å². The number of piperidine rings is 1. The molecular formula is C36H36N4O4. The first-order valence-electron chi connectivity index (χ1n) is 15.1. The van der Waals surface area contributed by atoms with Gasteiger partial charge in [-0.1, -0.05) is 91.0 Å². The average molecular weight is 589 g/mol. The van der Waals surface area contributed by atoms with Crippen molar-refractivity contribution < 1.29 is 14.3 Å². The van der Waals surface area contributed by atoms with Crippen LogP contribution in [0.4, 0.5) is 4.79 Å². The fraction of sp³-hybridized carbons (Fsp3) is 0.250. The van der Waals surface area contributed by atoms with Gasteiger partial charge in [0.15, 0.2) is 0 Å². The van der Waals surface area contributed by atoms with Crippen molar-refractivity contribution >= 4 is 23.0 Å². The second kappa shape index (κ2) is 13.6. The summed E-state index contributed by atoms with van der Waals surface area (Å²) in [6.07, 6.45) is 0.852. The molecule has 6 rings (SSSR count). The maximum Gasteiger partial charge on any atom is 0.409 e. The van der Waals surface area contributed by atoms with E-state index in [1.54, 1.807) is 39.8 Å². The summed E-state index contributed by atoms with van der Waals surface area (Å²) in [4.78, 5) is 44.1. The molecule has 0 bridgehead atoms. The Kier molecular flexibility index (Phi) is 8.98. The molecule has 0 N–H and O–H groups in total. The summed E-state index contributed by atoms with van der Waals surface area (Å²) < 4.78 is 8.73. The normalized spacial score (nSPS) is 13.8. The Hall–Kier alpha value is -4.95. The molecule has 1 aromatic heterocycles. The number of nitrogens with zero attached hydrogens (tertiary/aromatic N) is 4. The van der Waals surface area contributed by atoms with Crippen molar-refractivity contribution in [3.8, 4) is 0 Å². The molecule has 0 atom stereocenters. The van der Waals surface area contributed by atoms with Crippen LogP contribution in [-0.2, 0) is 17.8 Å². The van der Waals surface area contributed by atoms with Crippen LogP contribution in [-0.4, -0.2) is 57.2 Å². The number of benzene rings is 4. The second-order valence-corrected chi connectivity index (χ2v) is 11.2. The number of ether oxygens (including phenoxy) is 1. The quantitative estimate of drug-likeness (QED) is 0.212. The summed E-state index contributed by atoms with van der Waals surface area (Å²) in [7, 11) is 0. The number of carbonyl (C=O) groups is 2. The van der Waals surface area contributed by atoms with Gasteiger partial charge in [-0.05, 0) is 48.2 Å². The third-order valence-electron chi connectivity index (χ3n) is 8.22. The number of rotatable bonds is 9. The standard InChI is InChI=1S/C36H36N4O4/c41-34(30-16-8-3-9-17-30)40-33-19-11-10-18-32(33)39(35(40)42)31-20-22-38(23-21-31)36(43)44-25-24-37(26-28-12-4-1-5-13-28)27-29-14-6-2-7-15-29/h1-19,31H,20-27H2. The topological polar surface area (TPSA) is 76.8 Å². The lowest BCUT2D eigenvalue weighted by Gasteiger charge is -2.32. The Labute approximate surface area is 256 Å². The van der Waals surface area contributed by atoms with Gasteiger partial charge in [0.1, 0.15) is 6.61 Å². The van der Waals surface area contributed by atoms with Gasteiger partial charge in [-0.25, -0.2) is 14.2 Å². The number of hydrogen-bond acceptors (Lipinski definition) is 5. The summed E-state index contributed by atoms with van der Waals surface area (Å²) >= 11 is 0. The van der Waals surface area contributed by atoms with E-state index in [0.717, 1.165) is 18.6 Å². The van der Waals surface area contributed by atoms with Gasteiger partial charge >= 0.3 is 11.8 Å². The van der Waals surface area contributed by atoms with Crippen molar-refractivity contribution in [2.75, 3.05) is 26.2 Å².